The highest BCUT2D eigenvalue weighted by molar-refractivity contribution is 7.89. The molecule has 0 unspecified atom stereocenters. The Morgan fingerprint density at radius 1 is 1.10 bits per heavy atom. The predicted molar refractivity (Wildman–Crippen MR) is 82.6 cm³/mol. The molecule has 21 heavy (non-hydrogen) atoms. The van der Waals surface area contributed by atoms with E-state index in [1.807, 2.05) is 0 Å². The molecule has 0 aliphatic heterocycles. The van der Waals surface area contributed by atoms with E-state index in [4.69, 9.17) is 16.7 Å². The van der Waals surface area contributed by atoms with Gasteiger partial charge in [0.05, 0.1) is 11.5 Å². The molecule has 0 aliphatic carbocycles. The van der Waals surface area contributed by atoms with Gasteiger partial charge in [-0.3, -0.25) is 0 Å². The molecule has 2 N–H and O–H groups in total. The van der Waals surface area contributed by atoms with Gasteiger partial charge in [0.1, 0.15) is 0 Å². The number of benzene rings is 2. The topological polar surface area (TPSA) is 66.4 Å². The molecule has 2 rings (SSSR count). The molecule has 0 aromatic heterocycles. The molecule has 0 saturated carbocycles. The molecule has 112 valence electrons. The number of sulfonamides is 1. The first-order chi connectivity index (χ1) is 9.92. The van der Waals surface area contributed by atoms with Crippen molar-refractivity contribution in [1.29, 1.82) is 0 Å². The van der Waals surface area contributed by atoms with E-state index in [0.717, 1.165) is 11.1 Å². The minimum atomic E-state index is -3.61. The lowest BCUT2D eigenvalue weighted by Gasteiger charge is -2.10. The highest BCUT2D eigenvalue weighted by Crippen LogP contribution is 2.20. The van der Waals surface area contributed by atoms with E-state index < -0.39 is 10.0 Å². The molecule has 4 nitrogen and oxygen atoms in total. The number of aliphatic hydroxyl groups is 1. The maximum absolute atomic E-state index is 12.3. The van der Waals surface area contributed by atoms with E-state index >= 15 is 0 Å². The first-order valence-electron chi connectivity index (χ1n) is 6.37. The largest absolute Gasteiger partial charge is 0.392 e. The van der Waals surface area contributed by atoms with Crippen LogP contribution in [0.15, 0.2) is 47.4 Å². The van der Waals surface area contributed by atoms with Crippen LogP contribution in [-0.2, 0) is 23.2 Å². The van der Waals surface area contributed by atoms with Crippen LogP contribution < -0.4 is 4.72 Å². The first kappa shape index (κ1) is 16.0. The van der Waals surface area contributed by atoms with Crippen molar-refractivity contribution in [1.82, 2.24) is 4.72 Å². The van der Waals surface area contributed by atoms with Crippen LogP contribution >= 0.6 is 11.6 Å². The Morgan fingerprint density at radius 3 is 2.33 bits per heavy atom. The third kappa shape index (κ3) is 4.04. The molecule has 2 aromatic rings. The van der Waals surface area contributed by atoms with Crippen molar-refractivity contribution in [3.63, 3.8) is 0 Å². The zero-order chi connectivity index (χ0) is 15.5. The molecule has 0 saturated heterocycles. The van der Waals surface area contributed by atoms with Crippen LogP contribution in [-0.4, -0.2) is 13.5 Å². The quantitative estimate of drug-likeness (QED) is 0.888. The summed E-state index contributed by atoms with van der Waals surface area (Å²) in [7, 11) is -3.61. The number of hydrogen-bond acceptors (Lipinski definition) is 3. The fourth-order valence-corrected chi connectivity index (χ4v) is 3.41. The lowest BCUT2D eigenvalue weighted by Crippen LogP contribution is -2.24. The normalized spacial score (nSPS) is 11.6. The van der Waals surface area contributed by atoms with E-state index in [0.29, 0.717) is 10.6 Å². The summed E-state index contributed by atoms with van der Waals surface area (Å²) < 4.78 is 27.1. The number of aryl methyl sites for hydroxylation is 1. The molecule has 6 heteroatoms. The summed E-state index contributed by atoms with van der Waals surface area (Å²) in [5.74, 6) is 0. The molecule has 0 spiro atoms. The Kier molecular flexibility index (Phi) is 5.00. The minimum absolute atomic E-state index is 0.0340. The summed E-state index contributed by atoms with van der Waals surface area (Å²) >= 11 is 5.86. The summed E-state index contributed by atoms with van der Waals surface area (Å²) in [6.45, 7) is 1.87. The molecule has 0 bridgehead atoms. The highest BCUT2D eigenvalue weighted by atomic mass is 35.5. The lowest BCUT2D eigenvalue weighted by atomic mass is 10.1. The van der Waals surface area contributed by atoms with Crippen LogP contribution in [0.3, 0.4) is 0 Å². The SMILES string of the molecule is Cc1ccc(Cl)cc1S(=O)(=O)NCc1ccc(CO)cc1. The Morgan fingerprint density at radius 2 is 1.71 bits per heavy atom. The van der Waals surface area contributed by atoms with Gasteiger partial charge in [0.15, 0.2) is 0 Å². The van der Waals surface area contributed by atoms with Crippen molar-refractivity contribution in [3.05, 3.63) is 64.2 Å². The minimum Gasteiger partial charge on any atom is -0.392 e. The number of rotatable bonds is 5. The third-order valence-corrected chi connectivity index (χ3v) is 4.89. The van der Waals surface area contributed by atoms with Gasteiger partial charge in [-0.25, -0.2) is 13.1 Å². The van der Waals surface area contributed by atoms with Crippen molar-refractivity contribution < 1.29 is 13.5 Å². The molecule has 0 amide bonds. The Labute approximate surface area is 129 Å². The van der Waals surface area contributed by atoms with Crippen molar-refractivity contribution in [2.24, 2.45) is 0 Å². The number of nitrogens with one attached hydrogen (secondary N) is 1. The van der Waals surface area contributed by atoms with Crippen molar-refractivity contribution >= 4 is 21.6 Å². The molecule has 0 radical (unpaired) electrons. The number of halogens is 1. The first-order valence-corrected chi connectivity index (χ1v) is 8.23. The van der Waals surface area contributed by atoms with Gasteiger partial charge in [-0.2, -0.15) is 0 Å². The zero-order valence-corrected chi connectivity index (χ0v) is 13.1. The second-order valence-electron chi connectivity index (χ2n) is 4.71. The van der Waals surface area contributed by atoms with Crippen molar-refractivity contribution in [2.45, 2.75) is 25.0 Å². The third-order valence-electron chi connectivity index (χ3n) is 3.11. The molecule has 0 aliphatic rings. The molecule has 2 aromatic carbocycles. The monoisotopic (exact) mass is 325 g/mol. The average molecular weight is 326 g/mol. The maximum atomic E-state index is 12.3. The lowest BCUT2D eigenvalue weighted by molar-refractivity contribution is 0.282. The van der Waals surface area contributed by atoms with Crippen molar-refractivity contribution in [2.75, 3.05) is 0 Å². The van der Waals surface area contributed by atoms with Gasteiger partial charge in [-0.05, 0) is 35.7 Å². The summed E-state index contributed by atoms with van der Waals surface area (Å²) in [5, 5.41) is 9.35. The van der Waals surface area contributed by atoms with Gasteiger partial charge in [-0.15, -0.1) is 0 Å². The van der Waals surface area contributed by atoms with Gasteiger partial charge >= 0.3 is 0 Å². The molecular formula is C15H16ClNO3S. The van der Waals surface area contributed by atoms with Crippen LogP contribution in [0.2, 0.25) is 5.02 Å². The smallest absolute Gasteiger partial charge is 0.241 e. The van der Waals surface area contributed by atoms with Crippen LogP contribution in [0.5, 0.6) is 0 Å². The number of aliphatic hydroxyl groups excluding tert-OH is 1. The van der Waals surface area contributed by atoms with E-state index in [2.05, 4.69) is 4.72 Å². The second kappa shape index (κ2) is 6.58. The Hall–Kier alpha value is -1.40. The van der Waals surface area contributed by atoms with Crippen LogP contribution in [0.25, 0.3) is 0 Å². The maximum Gasteiger partial charge on any atom is 0.241 e. The fourth-order valence-electron chi connectivity index (χ4n) is 1.88. The standard InChI is InChI=1S/C15H16ClNO3S/c1-11-2-7-14(16)8-15(11)21(19,20)17-9-12-3-5-13(10-18)6-4-12/h2-8,17-18H,9-10H2,1H3. The van der Waals surface area contributed by atoms with Gasteiger partial charge in [-0.1, -0.05) is 41.9 Å². The summed E-state index contributed by atoms with van der Waals surface area (Å²) in [6.07, 6.45) is 0. The number of hydrogen-bond donors (Lipinski definition) is 2. The molecule has 0 heterocycles. The Balaban J connectivity index is 2.15. The van der Waals surface area contributed by atoms with Gasteiger partial charge in [0.25, 0.3) is 0 Å². The van der Waals surface area contributed by atoms with Gasteiger partial charge in [0, 0.05) is 11.6 Å². The van der Waals surface area contributed by atoms with Gasteiger partial charge < -0.3 is 5.11 Å². The molecule has 0 atom stereocenters. The van der Waals surface area contributed by atoms with E-state index in [9.17, 15) is 8.42 Å². The second-order valence-corrected chi connectivity index (χ2v) is 6.88. The summed E-state index contributed by atoms with van der Waals surface area (Å²) in [4.78, 5) is 0.182. The average Bonchev–Trinajstić information content (AvgIpc) is 2.48. The van der Waals surface area contributed by atoms with E-state index in [1.54, 1.807) is 43.3 Å². The van der Waals surface area contributed by atoms with Crippen LogP contribution in [0, 0.1) is 6.92 Å². The summed E-state index contributed by atoms with van der Waals surface area (Å²) in [5.41, 5.74) is 2.24. The highest BCUT2D eigenvalue weighted by Gasteiger charge is 2.16. The van der Waals surface area contributed by atoms with Crippen molar-refractivity contribution in [3.8, 4) is 0 Å². The predicted octanol–water partition coefficient (Wildman–Crippen LogP) is 2.62. The fraction of sp³-hybridized carbons (Fsp3) is 0.200. The van der Waals surface area contributed by atoms with E-state index in [-0.39, 0.29) is 18.0 Å². The van der Waals surface area contributed by atoms with Crippen LogP contribution in [0.1, 0.15) is 16.7 Å². The molecular weight excluding hydrogens is 310 g/mol. The summed E-state index contributed by atoms with van der Waals surface area (Å²) in [6, 6.07) is 11.8. The Bertz CT molecular complexity index is 727. The van der Waals surface area contributed by atoms with Gasteiger partial charge in [0.2, 0.25) is 10.0 Å². The van der Waals surface area contributed by atoms with Crippen LogP contribution in [0.4, 0.5) is 0 Å². The molecule has 0 fully saturated rings. The zero-order valence-electron chi connectivity index (χ0n) is 11.5. The van der Waals surface area contributed by atoms with E-state index in [1.165, 1.54) is 6.07 Å².